The first-order valence-electron chi connectivity index (χ1n) is 6.53. The summed E-state index contributed by atoms with van der Waals surface area (Å²) in [6, 6.07) is 5.13. The molecule has 2 atom stereocenters. The van der Waals surface area contributed by atoms with E-state index in [1.165, 1.54) is 6.07 Å². The molecule has 0 radical (unpaired) electrons. The Balaban J connectivity index is 2.17. The zero-order valence-corrected chi connectivity index (χ0v) is 11.0. The molecule has 3 nitrogen and oxygen atoms in total. The van der Waals surface area contributed by atoms with Gasteiger partial charge in [0.25, 0.3) is 0 Å². The summed E-state index contributed by atoms with van der Waals surface area (Å²) < 4.78 is 19.7. The van der Waals surface area contributed by atoms with Gasteiger partial charge in [-0.25, -0.2) is 4.39 Å². The number of halogens is 1. The Morgan fingerprint density at radius 1 is 1.56 bits per heavy atom. The van der Waals surface area contributed by atoms with Gasteiger partial charge in [-0.2, -0.15) is 0 Å². The molecule has 4 heteroatoms. The maximum absolute atomic E-state index is 14.1. The third-order valence-electron chi connectivity index (χ3n) is 3.43. The predicted octanol–water partition coefficient (Wildman–Crippen LogP) is 2.46. The Morgan fingerprint density at radius 2 is 2.33 bits per heavy atom. The summed E-state index contributed by atoms with van der Waals surface area (Å²) in [6.45, 7) is 6.10. The standard InChI is InChI=1S/C14H21FN2O/c1-3-12-9-17(6-7-18-12)14-5-4-11(10(2)16)8-13(14)15/h4-5,8,10,12H,3,6-7,9,16H2,1-2H3/t10-,12?/m1/s1. The summed E-state index contributed by atoms with van der Waals surface area (Å²) in [5, 5.41) is 0. The molecule has 18 heavy (non-hydrogen) atoms. The maximum atomic E-state index is 14.1. The van der Waals surface area contributed by atoms with Crippen molar-refractivity contribution in [2.24, 2.45) is 5.73 Å². The molecular weight excluding hydrogens is 231 g/mol. The van der Waals surface area contributed by atoms with Crippen molar-refractivity contribution >= 4 is 5.69 Å². The molecule has 0 spiro atoms. The van der Waals surface area contributed by atoms with Crippen molar-refractivity contribution in [3.05, 3.63) is 29.6 Å². The summed E-state index contributed by atoms with van der Waals surface area (Å²) in [5.41, 5.74) is 7.24. The molecule has 0 saturated carbocycles. The lowest BCUT2D eigenvalue weighted by molar-refractivity contribution is 0.0382. The number of nitrogens with two attached hydrogens (primary N) is 1. The first-order chi connectivity index (χ1) is 8.61. The molecule has 100 valence electrons. The van der Waals surface area contributed by atoms with Gasteiger partial charge in [-0.3, -0.25) is 0 Å². The first kappa shape index (κ1) is 13.3. The van der Waals surface area contributed by atoms with Crippen LogP contribution in [0.5, 0.6) is 0 Å². The molecule has 1 aliphatic rings. The summed E-state index contributed by atoms with van der Waals surface area (Å²) in [6.07, 6.45) is 1.15. The number of hydrogen-bond acceptors (Lipinski definition) is 3. The number of ether oxygens (including phenoxy) is 1. The largest absolute Gasteiger partial charge is 0.375 e. The summed E-state index contributed by atoms with van der Waals surface area (Å²) in [4.78, 5) is 2.05. The van der Waals surface area contributed by atoms with Gasteiger partial charge in [0, 0.05) is 19.1 Å². The molecular formula is C14H21FN2O. The Hall–Kier alpha value is -1.13. The van der Waals surface area contributed by atoms with E-state index >= 15 is 0 Å². The number of morpholine rings is 1. The molecule has 1 fully saturated rings. The highest BCUT2D eigenvalue weighted by Gasteiger charge is 2.21. The second kappa shape index (κ2) is 5.67. The fraction of sp³-hybridized carbons (Fsp3) is 0.571. The van der Waals surface area contributed by atoms with Crippen molar-refractivity contribution in [3.63, 3.8) is 0 Å². The van der Waals surface area contributed by atoms with Gasteiger partial charge in [0.15, 0.2) is 0 Å². The van der Waals surface area contributed by atoms with Gasteiger partial charge in [-0.1, -0.05) is 13.0 Å². The molecule has 1 saturated heterocycles. The average molecular weight is 252 g/mol. The quantitative estimate of drug-likeness (QED) is 0.898. The molecule has 0 aromatic heterocycles. The van der Waals surface area contributed by atoms with E-state index in [0.29, 0.717) is 12.3 Å². The number of rotatable bonds is 3. The van der Waals surface area contributed by atoms with Crippen LogP contribution >= 0.6 is 0 Å². The minimum Gasteiger partial charge on any atom is -0.375 e. The normalized spacial score (nSPS) is 22.0. The fourth-order valence-electron chi connectivity index (χ4n) is 2.25. The summed E-state index contributed by atoms with van der Waals surface area (Å²) in [5.74, 6) is -0.193. The van der Waals surface area contributed by atoms with E-state index < -0.39 is 0 Å². The van der Waals surface area contributed by atoms with Gasteiger partial charge < -0.3 is 15.4 Å². The van der Waals surface area contributed by atoms with Crippen LogP contribution in [0.3, 0.4) is 0 Å². The van der Waals surface area contributed by atoms with E-state index in [1.54, 1.807) is 0 Å². The van der Waals surface area contributed by atoms with Crippen LogP contribution in [0.2, 0.25) is 0 Å². The molecule has 0 aliphatic carbocycles. The van der Waals surface area contributed by atoms with E-state index in [9.17, 15) is 4.39 Å². The molecule has 0 bridgehead atoms. The number of anilines is 1. The van der Waals surface area contributed by atoms with E-state index in [0.717, 1.165) is 25.1 Å². The second-order valence-electron chi connectivity index (χ2n) is 4.85. The molecule has 1 aliphatic heterocycles. The average Bonchev–Trinajstić information content (AvgIpc) is 2.38. The van der Waals surface area contributed by atoms with Crippen LogP contribution in [-0.4, -0.2) is 25.8 Å². The zero-order chi connectivity index (χ0) is 13.1. The molecule has 2 rings (SSSR count). The van der Waals surface area contributed by atoms with Crippen molar-refractivity contribution < 1.29 is 9.13 Å². The highest BCUT2D eigenvalue weighted by molar-refractivity contribution is 5.50. The molecule has 1 heterocycles. The second-order valence-corrected chi connectivity index (χ2v) is 4.85. The molecule has 2 N–H and O–H groups in total. The van der Waals surface area contributed by atoms with Crippen LogP contribution < -0.4 is 10.6 Å². The van der Waals surface area contributed by atoms with Gasteiger partial charge in [0.05, 0.1) is 18.4 Å². The molecule has 1 aromatic rings. The molecule has 0 amide bonds. The van der Waals surface area contributed by atoms with Gasteiger partial charge >= 0.3 is 0 Å². The number of hydrogen-bond donors (Lipinski definition) is 1. The Bertz CT molecular complexity index is 409. The van der Waals surface area contributed by atoms with E-state index in [1.807, 2.05) is 19.1 Å². The number of nitrogens with zero attached hydrogens (tertiary/aromatic N) is 1. The Kier molecular flexibility index (Phi) is 4.19. The SMILES string of the molecule is CCC1CN(c2ccc([C@@H](C)N)cc2F)CCO1. The van der Waals surface area contributed by atoms with E-state index in [2.05, 4.69) is 11.8 Å². The maximum Gasteiger partial charge on any atom is 0.146 e. The van der Waals surface area contributed by atoms with Crippen LogP contribution in [0.25, 0.3) is 0 Å². The van der Waals surface area contributed by atoms with Crippen LogP contribution in [0, 0.1) is 5.82 Å². The van der Waals surface area contributed by atoms with Crippen molar-refractivity contribution in [1.82, 2.24) is 0 Å². The molecule has 1 unspecified atom stereocenters. The third kappa shape index (κ3) is 2.82. The van der Waals surface area contributed by atoms with Crippen molar-refractivity contribution in [2.45, 2.75) is 32.4 Å². The lowest BCUT2D eigenvalue weighted by Crippen LogP contribution is -2.42. The van der Waals surface area contributed by atoms with Crippen molar-refractivity contribution in [1.29, 1.82) is 0 Å². The lowest BCUT2D eigenvalue weighted by atomic mass is 10.1. The minimum absolute atomic E-state index is 0.137. The lowest BCUT2D eigenvalue weighted by Gasteiger charge is -2.34. The highest BCUT2D eigenvalue weighted by Crippen LogP contribution is 2.25. The van der Waals surface area contributed by atoms with Gasteiger partial charge in [-0.05, 0) is 31.0 Å². The summed E-state index contributed by atoms with van der Waals surface area (Å²) >= 11 is 0. The van der Waals surface area contributed by atoms with E-state index in [-0.39, 0.29) is 18.0 Å². The summed E-state index contributed by atoms with van der Waals surface area (Å²) in [7, 11) is 0. The van der Waals surface area contributed by atoms with E-state index in [4.69, 9.17) is 10.5 Å². The van der Waals surface area contributed by atoms with Crippen LogP contribution in [0.4, 0.5) is 10.1 Å². The highest BCUT2D eigenvalue weighted by atomic mass is 19.1. The topological polar surface area (TPSA) is 38.5 Å². The predicted molar refractivity (Wildman–Crippen MR) is 71.2 cm³/mol. The van der Waals surface area contributed by atoms with Gasteiger partial charge in [0.1, 0.15) is 5.82 Å². The smallest absolute Gasteiger partial charge is 0.146 e. The minimum atomic E-state index is -0.193. The number of benzene rings is 1. The first-order valence-corrected chi connectivity index (χ1v) is 6.53. The van der Waals surface area contributed by atoms with Crippen molar-refractivity contribution in [3.8, 4) is 0 Å². The van der Waals surface area contributed by atoms with Gasteiger partial charge in [0.2, 0.25) is 0 Å². The van der Waals surface area contributed by atoms with Gasteiger partial charge in [-0.15, -0.1) is 0 Å². The molecule has 1 aromatic carbocycles. The van der Waals surface area contributed by atoms with Crippen molar-refractivity contribution in [2.75, 3.05) is 24.6 Å². The van der Waals surface area contributed by atoms with Crippen LogP contribution in [0.1, 0.15) is 31.9 Å². The van der Waals surface area contributed by atoms with Crippen LogP contribution in [-0.2, 0) is 4.74 Å². The fourth-order valence-corrected chi connectivity index (χ4v) is 2.25. The Labute approximate surface area is 108 Å². The van der Waals surface area contributed by atoms with Crippen LogP contribution in [0.15, 0.2) is 18.2 Å². The monoisotopic (exact) mass is 252 g/mol. The zero-order valence-electron chi connectivity index (χ0n) is 11.0. The Morgan fingerprint density at radius 3 is 2.94 bits per heavy atom. The third-order valence-corrected chi connectivity index (χ3v) is 3.43.